The maximum Gasteiger partial charge on any atom is 0.0412 e. The fourth-order valence-corrected chi connectivity index (χ4v) is 0.432. The van der Waals surface area contributed by atoms with Gasteiger partial charge in [-0.1, -0.05) is 13.8 Å². The van der Waals surface area contributed by atoms with E-state index in [4.69, 9.17) is 0 Å². The molecule has 0 saturated carbocycles. The van der Waals surface area contributed by atoms with Gasteiger partial charge < -0.3 is 0 Å². The minimum absolute atomic E-state index is 0.626. The van der Waals surface area contributed by atoms with Gasteiger partial charge in [0.05, 0.1) is 0 Å². The van der Waals surface area contributed by atoms with Crippen LogP contribution >= 0.6 is 0 Å². The molecule has 0 aliphatic heterocycles. The van der Waals surface area contributed by atoms with Crippen molar-refractivity contribution < 1.29 is 0 Å². The summed E-state index contributed by atoms with van der Waals surface area (Å²) in [7, 11) is 0. The summed E-state index contributed by atoms with van der Waals surface area (Å²) in [4.78, 5) is 7.64. The van der Waals surface area contributed by atoms with E-state index in [-0.39, 0.29) is 0 Å². The number of aliphatic imine (C=N–C) groups is 2. The first-order valence-electron chi connectivity index (χ1n) is 3.38. The van der Waals surface area contributed by atoms with Crippen LogP contribution in [0.4, 0.5) is 0 Å². The second-order valence-electron chi connectivity index (χ2n) is 2.43. The second kappa shape index (κ2) is 6.20. The Morgan fingerprint density at radius 3 is 2.70 bits per heavy atom. The minimum Gasteiger partial charge on any atom is -0.293 e. The SMILES string of the molecule is C=N/C=C\C=NCC(C)C. The summed E-state index contributed by atoms with van der Waals surface area (Å²) in [6, 6.07) is 0. The Morgan fingerprint density at radius 2 is 2.20 bits per heavy atom. The van der Waals surface area contributed by atoms with Crippen LogP contribution in [0.25, 0.3) is 0 Å². The first-order chi connectivity index (χ1) is 4.77. The molecular weight excluding hydrogens is 124 g/mol. The maximum absolute atomic E-state index is 4.11. The predicted molar refractivity (Wildman–Crippen MR) is 46.9 cm³/mol. The number of rotatable bonds is 4. The molecule has 0 unspecified atom stereocenters. The lowest BCUT2D eigenvalue weighted by Crippen LogP contribution is -1.90. The number of hydrogen-bond donors (Lipinski definition) is 0. The third kappa shape index (κ3) is 7.08. The van der Waals surface area contributed by atoms with Crippen molar-refractivity contribution in [2.75, 3.05) is 6.54 Å². The lowest BCUT2D eigenvalue weighted by Gasteiger charge is -1.94. The van der Waals surface area contributed by atoms with E-state index in [2.05, 4.69) is 30.5 Å². The van der Waals surface area contributed by atoms with E-state index in [1.165, 1.54) is 0 Å². The van der Waals surface area contributed by atoms with Crippen LogP contribution < -0.4 is 0 Å². The highest BCUT2D eigenvalue weighted by Gasteiger charge is 1.85. The van der Waals surface area contributed by atoms with Crippen molar-refractivity contribution in [1.82, 2.24) is 0 Å². The molecule has 0 rings (SSSR count). The summed E-state index contributed by atoms with van der Waals surface area (Å²) in [5.74, 6) is 0.626. The minimum atomic E-state index is 0.626. The Hall–Kier alpha value is -0.920. The Kier molecular flexibility index (Phi) is 5.63. The fourth-order valence-electron chi connectivity index (χ4n) is 0.432. The Bertz CT molecular complexity index is 134. The molecule has 10 heavy (non-hydrogen) atoms. The number of hydrogen-bond acceptors (Lipinski definition) is 2. The molecule has 0 aliphatic rings. The van der Waals surface area contributed by atoms with Crippen LogP contribution in [0.1, 0.15) is 13.8 Å². The van der Waals surface area contributed by atoms with Gasteiger partial charge in [0.1, 0.15) is 0 Å². The molecular formula is C8H14N2. The molecule has 2 nitrogen and oxygen atoms in total. The Labute approximate surface area is 62.4 Å². The molecule has 0 aliphatic carbocycles. The van der Waals surface area contributed by atoms with Gasteiger partial charge >= 0.3 is 0 Å². The van der Waals surface area contributed by atoms with Gasteiger partial charge in [-0.15, -0.1) is 0 Å². The summed E-state index contributed by atoms with van der Waals surface area (Å²) in [6.45, 7) is 8.43. The van der Waals surface area contributed by atoms with Crippen LogP contribution in [0.15, 0.2) is 22.3 Å². The molecule has 0 aromatic heterocycles. The van der Waals surface area contributed by atoms with E-state index >= 15 is 0 Å². The first-order valence-corrected chi connectivity index (χ1v) is 3.38. The lowest BCUT2D eigenvalue weighted by molar-refractivity contribution is 0.667. The topological polar surface area (TPSA) is 24.7 Å². The summed E-state index contributed by atoms with van der Waals surface area (Å²) in [5.41, 5.74) is 0. The van der Waals surface area contributed by atoms with E-state index < -0.39 is 0 Å². The van der Waals surface area contributed by atoms with Crippen LogP contribution in [-0.2, 0) is 0 Å². The lowest BCUT2D eigenvalue weighted by atomic mass is 10.2. The molecule has 0 amide bonds. The highest BCUT2D eigenvalue weighted by molar-refractivity contribution is 5.70. The van der Waals surface area contributed by atoms with Crippen molar-refractivity contribution in [3.8, 4) is 0 Å². The maximum atomic E-state index is 4.11. The van der Waals surface area contributed by atoms with Gasteiger partial charge in [0.25, 0.3) is 0 Å². The quantitative estimate of drug-likeness (QED) is 0.530. The summed E-state index contributed by atoms with van der Waals surface area (Å²) < 4.78 is 0. The molecule has 0 bridgehead atoms. The largest absolute Gasteiger partial charge is 0.293 e. The fraction of sp³-hybridized carbons (Fsp3) is 0.500. The number of allylic oxidation sites excluding steroid dienone is 1. The van der Waals surface area contributed by atoms with Gasteiger partial charge in [-0.25, -0.2) is 0 Å². The average Bonchev–Trinajstić information content (AvgIpc) is 1.87. The van der Waals surface area contributed by atoms with Gasteiger partial charge in [0.2, 0.25) is 0 Å². The van der Waals surface area contributed by atoms with E-state index in [0.717, 1.165) is 6.54 Å². The zero-order chi connectivity index (χ0) is 7.82. The molecule has 56 valence electrons. The molecule has 0 atom stereocenters. The van der Waals surface area contributed by atoms with Crippen LogP contribution in [-0.4, -0.2) is 19.5 Å². The van der Waals surface area contributed by atoms with E-state index in [1.807, 2.05) is 0 Å². The molecule has 0 radical (unpaired) electrons. The van der Waals surface area contributed by atoms with Gasteiger partial charge in [-0.3, -0.25) is 9.98 Å². The van der Waals surface area contributed by atoms with Crippen molar-refractivity contribution >= 4 is 12.9 Å². The monoisotopic (exact) mass is 138 g/mol. The molecule has 0 heterocycles. The van der Waals surface area contributed by atoms with Crippen LogP contribution in [0, 0.1) is 5.92 Å². The zero-order valence-electron chi connectivity index (χ0n) is 6.62. The summed E-state index contributed by atoms with van der Waals surface area (Å²) in [5, 5.41) is 0. The zero-order valence-corrected chi connectivity index (χ0v) is 6.62. The van der Waals surface area contributed by atoms with E-state index in [9.17, 15) is 0 Å². The predicted octanol–water partition coefficient (Wildman–Crippen LogP) is 1.93. The van der Waals surface area contributed by atoms with Crippen LogP contribution in [0.2, 0.25) is 0 Å². The Balaban J connectivity index is 3.37. The van der Waals surface area contributed by atoms with Gasteiger partial charge in [-0.2, -0.15) is 0 Å². The Morgan fingerprint density at radius 1 is 1.50 bits per heavy atom. The van der Waals surface area contributed by atoms with Gasteiger partial charge in [-0.05, 0) is 18.7 Å². The molecule has 0 aromatic rings. The van der Waals surface area contributed by atoms with Crippen molar-refractivity contribution in [1.29, 1.82) is 0 Å². The van der Waals surface area contributed by atoms with Crippen molar-refractivity contribution in [3.63, 3.8) is 0 Å². The average molecular weight is 138 g/mol. The van der Waals surface area contributed by atoms with E-state index in [1.54, 1.807) is 18.5 Å². The molecule has 2 heteroatoms. The normalized spacial score (nSPS) is 11.9. The molecule has 0 saturated heterocycles. The summed E-state index contributed by atoms with van der Waals surface area (Å²) >= 11 is 0. The van der Waals surface area contributed by atoms with Crippen LogP contribution in [0.5, 0.6) is 0 Å². The molecule has 0 fully saturated rings. The highest BCUT2D eigenvalue weighted by atomic mass is 14.7. The van der Waals surface area contributed by atoms with Crippen molar-refractivity contribution in [3.05, 3.63) is 12.3 Å². The van der Waals surface area contributed by atoms with Crippen molar-refractivity contribution in [2.24, 2.45) is 15.9 Å². The molecule has 0 aromatic carbocycles. The third-order valence-corrected chi connectivity index (χ3v) is 0.854. The highest BCUT2D eigenvalue weighted by Crippen LogP contribution is 1.89. The molecule has 0 N–H and O–H groups in total. The standard InChI is InChI=1S/C8H14N2/c1-8(2)7-10-6-4-5-9-3/h4-6,8H,3,7H2,1-2H3/b5-4-,10-6?. The van der Waals surface area contributed by atoms with Gasteiger partial charge in [0, 0.05) is 19.0 Å². The summed E-state index contributed by atoms with van der Waals surface area (Å²) in [6.07, 6.45) is 5.13. The first kappa shape index (κ1) is 9.08. The molecule has 0 spiro atoms. The smallest absolute Gasteiger partial charge is 0.0412 e. The second-order valence-corrected chi connectivity index (χ2v) is 2.43. The van der Waals surface area contributed by atoms with Crippen LogP contribution in [0.3, 0.4) is 0 Å². The third-order valence-electron chi connectivity index (χ3n) is 0.854. The van der Waals surface area contributed by atoms with E-state index in [0.29, 0.717) is 5.92 Å². The number of nitrogens with zero attached hydrogens (tertiary/aromatic N) is 2. The van der Waals surface area contributed by atoms with Gasteiger partial charge in [0.15, 0.2) is 0 Å². The van der Waals surface area contributed by atoms with Crippen molar-refractivity contribution in [2.45, 2.75) is 13.8 Å².